The van der Waals surface area contributed by atoms with E-state index in [1.165, 1.54) is 78.0 Å². The van der Waals surface area contributed by atoms with E-state index in [4.69, 9.17) is 0 Å². The van der Waals surface area contributed by atoms with Gasteiger partial charge in [-0.15, -0.1) is 0 Å². The second kappa shape index (κ2) is 6.41. The van der Waals surface area contributed by atoms with Crippen molar-refractivity contribution in [3.05, 3.63) is 0 Å². The van der Waals surface area contributed by atoms with Gasteiger partial charge in [0, 0.05) is 51.9 Å². The second-order valence-corrected chi connectivity index (χ2v) is 8.82. The van der Waals surface area contributed by atoms with Crippen LogP contribution in [-0.2, 0) is 0 Å². The maximum Gasteiger partial charge on any atom is 0.00957 e. The standard InChI is InChI=1S/C19H35N3/c1-3-20-8-16(9-20)10-21-11-17(12-21)18-13-22(14-18)19-6-4-15(2)5-7-19/h15-19H,3-14H2,1-2H3. The average molecular weight is 306 g/mol. The molecular weight excluding hydrogens is 270 g/mol. The third-order valence-electron chi connectivity index (χ3n) is 7.09. The van der Waals surface area contributed by atoms with Gasteiger partial charge in [0.1, 0.15) is 0 Å². The summed E-state index contributed by atoms with van der Waals surface area (Å²) < 4.78 is 0. The van der Waals surface area contributed by atoms with Crippen LogP contribution in [0.1, 0.15) is 39.5 Å². The van der Waals surface area contributed by atoms with E-state index in [2.05, 4.69) is 28.5 Å². The Hall–Kier alpha value is -0.120. The lowest BCUT2D eigenvalue weighted by molar-refractivity contribution is -0.0594. The van der Waals surface area contributed by atoms with Crippen LogP contribution in [0.25, 0.3) is 0 Å². The molecule has 1 aliphatic carbocycles. The molecule has 3 aliphatic heterocycles. The van der Waals surface area contributed by atoms with Crippen molar-refractivity contribution in [1.29, 1.82) is 0 Å². The van der Waals surface area contributed by atoms with Crippen molar-refractivity contribution in [1.82, 2.24) is 14.7 Å². The fourth-order valence-corrected chi connectivity index (χ4v) is 5.23. The summed E-state index contributed by atoms with van der Waals surface area (Å²) in [6.45, 7) is 15.7. The normalized spacial score (nSPS) is 36.8. The summed E-state index contributed by atoms with van der Waals surface area (Å²) in [5.74, 6) is 4.02. The van der Waals surface area contributed by atoms with Crippen LogP contribution in [0.15, 0.2) is 0 Å². The molecule has 1 saturated carbocycles. The zero-order valence-electron chi connectivity index (χ0n) is 14.7. The van der Waals surface area contributed by atoms with Gasteiger partial charge in [-0.05, 0) is 55.9 Å². The Morgan fingerprint density at radius 3 is 2.05 bits per heavy atom. The molecule has 3 heterocycles. The smallest absolute Gasteiger partial charge is 0.00957 e. The molecule has 0 spiro atoms. The lowest BCUT2D eigenvalue weighted by atomic mass is 9.77. The van der Waals surface area contributed by atoms with E-state index in [9.17, 15) is 0 Å². The Morgan fingerprint density at radius 1 is 0.773 bits per heavy atom. The van der Waals surface area contributed by atoms with Crippen LogP contribution < -0.4 is 0 Å². The van der Waals surface area contributed by atoms with Gasteiger partial charge in [-0.3, -0.25) is 4.90 Å². The Bertz CT molecular complexity index is 359. The van der Waals surface area contributed by atoms with Gasteiger partial charge in [-0.25, -0.2) is 0 Å². The molecule has 0 N–H and O–H groups in total. The number of likely N-dealkylation sites (tertiary alicyclic amines) is 3. The Kier molecular flexibility index (Phi) is 4.49. The highest BCUT2D eigenvalue weighted by atomic mass is 15.3. The molecule has 0 aromatic heterocycles. The lowest BCUT2D eigenvalue weighted by Crippen LogP contribution is -2.63. The summed E-state index contributed by atoms with van der Waals surface area (Å²) in [5, 5.41) is 0. The first kappa shape index (κ1) is 15.4. The minimum Gasteiger partial charge on any atom is -0.303 e. The summed E-state index contributed by atoms with van der Waals surface area (Å²) in [6, 6.07) is 0.943. The third-order valence-corrected chi connectivity index (χ3v) is 7.09. The fraction of sp³-hybridized carbons (Fsp3) is 1.00. The summed E-state index contributed by atoms with van der Waals surface area (Å²) in [5.41, 5.74) is 0. The fourth-order valence-electron chi connectivity index (χ4n) is 5.23. The van der Waals surface area contributed by atoms with Gasteiger partial charge < -0.3 is 9.80 Å². The van der Waals surface area contributed by atoms with E-state index in [0.717, 1.165) is 29.7 Å². The van der Waals surface area contributed by atoms with Crippen molar-refractivity contribution >= 4 is 0 Å². The highest BCUT2D eigenvalue weighted by Gasteiger charge is 2.43. The number of rotatable bonds is 5. The molecule has 0 atom stereocenters. The molecule has 3 saturated heterocycles. The molecule has 126 valence electrons. The van der Waals surface area contributed by atoms with Crippen LogP contribution in [0.4, 0.5) is 0 Å². The molecule has 0 unspecified atom stereocenters. The first-order valence-corrected chi connectivity index (χ1v) is 9.90. The molecule has 4 rings (SSSR count). The molecule has 0 amide bonds. The van der Waals surface area contributed by atoms with E-state index in [1.807, 2.05) is 0 Å². The number of hydrogen-bond donors (Lipinski definition) is 0. The molecule has 0 aromatic carbocycles. The summed E-state index contributed by atoms with van der Waals surface area (Å²) in [4.78, 5) is 8.11. The van der Waals surface area contributed by atoms with Gasteiger partial charge in [0.05, 0.1) is 0 Å². The SMILES string of the molecule is CCN1CC(CN2CC(C3CN(C4CCC(C)CC4)C3)C2)C1. The predicted molar refractivity (Wildman–Crippen MR) is 92.0 cm³/mol. The van der Waals surface area contributed by atoms with Crippen LogP contribution >= 0.6 is 0 Å². The second-order valence-electron chi connectivity index (χ2n) is 8.82. The Labute approximate surface area is 137 Å². The minimum absolute atomic E-state index is 0.943. The summed E-state index contributed by atoms with van der Waals surface area (Å²) in [7, 11) is 0. The van der Waals surface area contributed by atoms with Crippen molar-refractivity contribution in [2.45, 2.75) is 45.6 Å². The summed E-state index contributed by atoms with van der Waals surface area (Å²) >= 11 is 0. The summed E-state index contributed by atoms with van der Waals surface area (Å²) in [6.07, 6.45) is 5.89. The van der Waals surface area contributed by atoms with Gasteiger partial charge in [0.25, 0.3) is 0 Å². The van der Waals surface area contributed by atoms with Crippen molar-refractivity contribution in [3.8, 4) is 0 Å². The maximum atomic E-state index is 2.81. The van der Waals surface area contributed by atoms with Crippen molar-refractivity contribution in [2.24, 2.45) is 23.7 Å². The van der Waals surface area contributed by atoms with Crippen LogP contribution in [0.3, 0.4) is 0 Å². The van der Waals surface area contributed by atoms with E-state index in [0.29, 0.717) is 0 Å². The molecular formula is C19H35N3. The van der Waals surface area contributed by atoms with E-state index < -0.39 is 0 Å². The van der Waals surface area contributed by atoms with Gasteiger partial charge in [0.15, 0.2) is 0 Å². The zero-order valence-corrected chi connectivity index (χ0v) is 14.7. The third kappa shape index (κ3) is 3.09. The first-order chi connectivity index (χ1) is 10.7. The number of nitrogens with zero attached hydrogens (tertiary/aromatic N) is 3. The van der Waals surface area contributed by atoms with Gasteiger partial charge in [0.2, 0.25) is 0 Å². The van der Waals surface area contributed by atoms with Gasteiger partial charge in [-0.1, -0.05) is 13.8 Å². The topological polar surface area (TPSA) is 9.72 Å². The highest BCUT2D eigenvalue weighted by molar-refractivity contribution is 4.97. The first-order valence-electron chi connectivity index (χ1n) is 9.90. The van der Waals surface area contributed by atoms with E-state index in [1.54, 1.807) is 0 Å². The quantitative estimate of drug-likeness (QED) is 0.772. The lowest BCUT2D eigenvalue weighted by Gasteiger charge is -2.54. The molecule has 3 heteroatoms. The van der Waals surface area contributed by atoms with Crippen molar-refractivity contribution < 1.29 is 0 Å². The van der Waals surface area contributed by atoms with Crippen LogP contribution in [0.2, 0.25) is 0 Å². The monoisotopic (exact) mass is 305 g/mol. The molecule has 4 aliphatic rings. The average Bonchev–Trinajstić information content (AvgIpc) is 2.38. The molecule has 3 nitrogen and oxygen atoms in total. The Balaban J connectivity index is 1.10. The number of hydrogen-bond acceptors (Lipinski definition) is 3. The molecule has 0 radical (unpaired) electrons. The van der Waals surface area contributed by atoms with E-state index in [-0.39, 0.29) is 0 Å². The largest absolute Gasteiger partial charge is 0.303 e. The molecule has 0 bridgehead atoms. The molecule has 22 heavy (non-hydrogen) atoms. The predicted octanol–water partition coefficient (Wildman–Crippen LogP) is 2.38. The molecule has 4 fully saturated rings. The van der Waals surface area contributed by atoms with Crippen LogP contribution in [-0.4, -0.2) is 73.1 Å². The van der Waals surface area contributed by atoms with Crippen molar-refractivity contribution in [2.75, 3.05) is 52.4 Å². The van der Waals surface area contributed by atoms with Crippen LogP contribution in [0.5, 0.6) is 0 Å². The highest BCUT2D eigenvalue weighted by Crippen LogP contribution is 2.36. The van der Waals surface area contributed by atoms with Gasteiger partial charge in [-0.2, -0.15) is 0 Å². The van der Waals surface area contributed by atoms with Crippen molar-refractivity contribution in [3.63, 3.8) is 0 Å². The maximum absolute atomic E-state index is 2.81. The minimum atomic E-state index is 0.943. The Morgan fingerprint density at radius 2 is 1.41 bits per heavy atom. The van der Waals surface area contributed by atoms with E-state index >= 15 is 0 Å². The van der Waals surface area contributed by atoms with Gasteiger partial charge >= 0.3 is 0 Å². The zero-order chi connectivity index (χ0) is 15.1. The van der Waals surface area contributed by atoms with Crippen LogP contribution in [0, 0.1) is 23.7 Å². The molecule has 0 aromatic rings.